The van der Waals surface area contributed by atoms with E-state index in [0.29, 0.717) is 0 Å². The third-order valence-electron chi connectivity index (χ3n) is 2.12. The maximum absolute atomic E-state index is 11.6. The molecule has 0 bridgehead atoms. The molecule has 0 saturated carbocycles. The van der Waals surface area contributed by atoms with Gasteiger partial charge in [0.1, 0.15) is 16.2 Å². The van der Waals surface area contributed by atoms with E-state index in [4.69, 9.17) is 15.6 Å². The standard InChI is InChI=1S/C9H12N2O5S/c1-11-17(14,15)8-3-5(9(12)13)7(16-2)4-6(8)10/h3-4,11H,10H2,1-2H3,(H,12,13). The summed E-state index contributed by atoms with van der Waals surface area (Å²) in [4.78, 5) is 10.6. The fourth-order valence-electron chi connectivity index (χ4n) is 1.25. The van der Waals surface area contributed by atoms with Gasteiger partial charge in [-0.3, -0.25) is 0 Å². The van der Waals surface area contributed by atoms with Crippen molar-refractivity contribution in [3.05, 3.63) is 17.7 Å². The molecule has 0 atom stereocenters. The molecule has 0 aliphatic carbocycles. The lowest BCUT2D eigenvalue weighted by Gasteiger charge is -2.10. The van der Waals surface area contributed by atoms with Crippen LogP contribution in [-0.4, -0.2) is 33.7 Å². The molecule has 0 saturated heterocycles. The highest BCUT2D eigenvalue weighted by atomic mass is 32.2. The van der Waals surface area contributed by atoms with Crippen molar-refractivity contribution in [2.24, 2.45) is 0 Å². The zero-order chi connectivity index (χ0) is 13.2. The van der Waals surface area contributed by atoms with Gasteiger partial charge in [-0.25, -0.2) is 17.9 Å². The number of benzene rings is 1. The number of methoxy groups -OCH3 is 1. The van der Waals surface area contributed by atoms with Crippen LogP contribution in [0.1, 0.15) is 10.4 Å². The quantitative estimate of drug-likeness (QED) is 0.649. The van der Waals surface area contributed by atoms with Crippen molar-refractivity contribution in [2.45, 2.75) is 4.90 Å². The Bertz CT molecular complexity index is 553. The van der Waals surface area contributed by atoms with Crippen LogP contribution in [0.15, 0.2) is 17.0 Å². The molecule has 8 heteroatoms. The van der Waals surface area contributed by atoms with E-state index < -0.39 is 16.0 Å². The first-order valence-corrected chi connectivity index (χ1v) is 5.96. The molecule has 1 aromatic carbocycles. The molecule has 1 rings (SSSR count). The van der Waals surface area contributed by atoms with Crippen LogP contribution in [0.5, 0.6) is 5.75 Å². The van der Waals surface area contributed by atoms with Crippen LogP contribution in [0.25, 0.3) is 0 Å². The third-order valence-corrected chi connectivity index (χ3v) is 3.59. The molecule has 7 nitrogen and oxygen atoms in total. The van der Waals surface area contributed by atoms with E-state index >= 15 is 0 Å². The summed E-state index contributed by atoms with van der Waals surface area (Å²) >= 11 is 0. The molecular weight excluding hydrogens is 248 g/mol. The van der Waals surface area contributed by atoms with Crippen LogP contribution in [-0.2, 0) is 10.0 Å². The molecule has 0 amide bonds. The number of rotatable bonds is 4. The number of anilines is 1. The van der Waals surface area contributed by atoms with Gasteiger partial charge < -0.3 is 15.6 Å². The van der Waals surface area contributed by atoms with Gasteiger partial charge in [0.25, 0.3) is 0 Å². The van der Waals surface area contributed by atoms with Crippen LogP contribution < -0.4 is 15.2 Å². The summed E-state index contributed by atoms with van der Waals surface area (Å²) in [6, 6.07) is 2.12. The smallest absolute Gasteiger partial charge is 0.339 e. The van der Waals surface area contributed by atoms with Crippen LogP contribution in [0.3, 0.4) is 0 Å². The fourth-order valence-corrected chi connectivity index (χ4v) is 2.12. The number of nitrogens with one attached hydrogen (secondary N) is 1. The highest BCUT2D eigenvalue weighted by Gasteiger charge is 2.21. The number of carbonyl (C=O) groups is 1. The first kappa shape index (κ1) is 13.3. The predicted octanol–water partition coefficient (Wildman–Crippen LogP) is -0.116. The number of hydrogen-bond donors (Lipinski definition) is 3. The number of aromatic carboxylic acids is 1. The van der Waals surface area contributed by atoms with Gasteiger partial charge in [0.05, 0.1) is 12.8 Å². The maximum Gasteiger partial charge on any atom is 0.339 e. The summed E-state index contributed by atoms with van der Waals surface area (Å²) in [5.41, 5.74) is 5.19. The Morgan fingerprint density at radius 1 is 1.47 bits per heavy atom. The van der Waals surface area contributed by atoms with E-state index in [2.05, 4.69) is 4.72 Å². The van der Waals surface area contributed by atoms with E-state index in [9.17, 15) is 13.2 Å². The van der Waals surface area contributed by atoms with Crippen molar-refractivity contribution >= 4 is 21.7 Å². The second-order valence-electron chi connectivity index (χ2n) is 3.10. The molecule has 17 heavy (non-hydrogen) atoms. The van der Waals surface area contributed by atoms with Crippen LogP contribution in [0.2, 0.25) is 0 Å². The predicted molar refractivity (Wildman–Crippen MR) is 60.6 cm³/mol. The van der Waals surface area contributed by atoms with Crippen LogP contribution >= 0.6 is 0 Å². The Balaban J connectivity index is 3.56. The number of hydrogen-bond acceptors (Lipinski definition) is 5. The minimum absolute atomic E-state index is 0.00468. The fraction of sp³-hybridized carbons (Fsp3) is 0.222. The molecule has 0 radical (unpaired) electrons. The lowest BCUT2D eigenvalue weighted by atomic mass is 10.2. The minimum Gasteiger partial charge on any atom is -0.496 e. The van der Waals surface area contributed by atoms with Gasteiger partial charge in [0, 0.05) is 6.07 Å². The molecule has 0 spiro atoms. The van der Waals surface area contributed by atoms with Gasteiger partial charge in [-0.1, -0.05) is 0 Å². The third kappa shape index (κ3) is 2.48. The molecule has 4 N–H and O–H groups in total. The summed E-state index contributed by atoms with van der Waals surface area (Å²) in [7, 11) is -1.32. The Labute approximate surface area is 98.2 Å². The molecule has 0 heterocycles. The van der Waals surface area contributed by atoms with E-state index in [1.807, 2.05) is 0 Å². The lowest BCUT2D eigenvalue weighted by molar-refractivity contribution is 0.0693. The second kappa shape index (κ2) is 4.60. The summed E-state index contributed by atoms with van der Waals surface area (Å²) in [6.45, 7) is 0. The molecule has 0 aromatic heterocycles. The normalized spacial score (nSPS) is 11.2. The van der Waals surface area contributed by atoms with Gasteiger partial charge in [-0.2, -0.15) is 0 Å². The number of ether oxygens (including phenoxy) is 1. The van der Waals surface area contributed by atoms with Crippen molar-refractivity contribution in [1.82, 2.24) is 4.72 Å². The second-order valence-corrected chi connectivity index (χ2v) is 4.96. The molecule has 1 aromatic rings. The van der Waals surface area contributed by atoms with Gasteiger partial charge >= 0.3 is 5.97 Å². The van der Waals surface area contributed by atoms with Crippen molar-refractivity contribution in [1.29, 1.82) is 0 Å². The van der Waals surface area contributed by atoms with E-state index in [0.717, 1.165) is 12.1 Å². The Morgan fingerprint density at radius 3 is 2.47 bits per heavy atom. The van der Waals surface area contributed by atoms with Crippen LogP contribution in [0, 0.1) is 0 Å². The first-order chi connectivity index (χ1) is 7.83. The summed E-state index contributed by atoms with van der Waals surface area (Å²) in [5.74, 6) is -1.29. The average Bonchev–Trinajstić information content (AvgIpc) is 2.27. The highest BCUT2D eigenvalue weighted by Crippen LogP contribution is 2.28. The lowest BCUT2D eigenvalue weighted by Crippen LogP contribution is -2.20. The molecule has 94 valence electrons. The SMILES string of the molecule is CNS(=O)(=O)c1cc(C(=O)O)c(OC)cc1N. The number of carboxylic acid groups (broad SMARTS) is 1. The molecule has 0 unspecified atom stereocenters. The van der Waals surface area contributed by atoms with Gasteiger partial charge in [0.2, 0.25) is 10.0 Å². The minimum atomic E-state index is -3.80. The van der Waals surface area contributed by atoms with E-state index in [-0.39, 0.29) is 21.9 Å². The number of carboxylic acids is 1. The van der Waals surface area contributed by atoms with Crippen LogP contribution in [0.4, 0.5) is 5.69 Å². The molecule has 0 aliphatic rings. The largest absolute Gasteiger partial charge is 0.496 e. The number of sulfonamides is 1. The highest BCUT2D eigenvalue weighted by molar-refractivity contribution is 7.89. The van der Waals surface area contributed by atoms with Gasteiger partial charge in [-0.05, 0) is 13.1 Å². The monoisotopic (exact) mass is 260 g/mol. The Morgan fingerprint density at radius 2 is 2.06 bits per heavy atom. The zero-order valence-corrected chi connectivity index (χ0v) is 10.0. The van der Waals surface area contributed by atoms with E-state index in [1.54, 1.807) is 0 Å². The van der Waals surface area contributed by atoms with Crippen molar-refractivity contribution in [3.8, 4) is 5.75 Å². The van der Waals surface area contributed by atoms with Crippen molar-refractivity contribution in [2.75, 3.05) is 19.9 Å². The Kier molecular flexibility index (Phi) is 3.59. The van der Waals surface area contributed by atoms with Crippen molar-refractivity contribution in [3.63, 3.8) is 0 Å². The Hall–Kier alpha value is -1.80. The van der Waals surface area contributed by atoms with E-state index in [1.165, 1.54) is 14.2 Å². The van der Waals surface area contributed by atoms with Gasteiger partial charge in [0.15, 0.2) is 0 Å². The molecule has 0 aliphatic heterocycles. The first-order valence-electron chi connectivity index (χ1n) is 4.48. The van der Waals surface area contributed by atoms with Gasteiger partial charge in [-0.15, -0.1) is 0 Å². The summed E-state index contributed by atoms with van der Waals surface area (Å²) < 4.78 is 30.0. The zero-order valence-electron chi connectivity index (χ0n) is 9.22. The topological polar surface area (TPSA) is 119 Å². The maximum atomic E-state index is 11.6. The number of nitrogens with two attached hydrogens (primary N) is 1. The molecular formula is C9H12N2O5S. The van der Waals surface area contributed by atoms with Crippen molar-refractivity contribution < 1.29 is 23.1 Å². The summed E-state index contributed by atoms with van der Waals surface area (Å²) in [5, 5.41) is 8.91. The summed E-state index contributed by atoms with van der Waals surface area (Å²) in [6.07, 6.45) is 0. The average molecular weight is 260 g/mol. The molecule has 0 fully saturated rings. The number of nitrogen functional groups attached to an aromatic ring is 1.